The summed E-state index contributed by atoms with van der Waals surface area (Å²) in [7, 11) is 1.77. The summed E-state index contributed by atoms with van der Waals surface area (Å²) in [4.78, 5) is 11.8. The fourth-order valence-corrected chi connectivity index (χ4v) is 1.94. The van der Waals surface area contributed by atoms with Crippen LogP contribution in [-0.4, -0.2) is 22.4 Å². The topological polar surface area (TPSA) is 82.2 Å². The first-order chi connectivity index (χ1) is 9.92. The molecule has 0 saturated heterocycles. The molecule has 0 amide bonds. The third-order valence-electron chi connectivity index (χ3n) is 2.92. The molecule has 7 heteroatoms. The molecule has 3 N–H and O–H groups in total. The van der Waals surface area contributed by atoms with Crippen LogP contribution in [0.25, 0.3) is 0 Å². The summed E-state index contributed by atoms with van der Waals surface area (Å²) in [6.45, 7) is 3.71. The monoisotopic (exact) mass is 292 g/mol. The minimum atomic E-state index is -0.582. The molecule has 0 fully saturated rings. The van der Waals surface area contributed by atoms with Crippen molar-refractivity contribution >= 4 is 23.0 Å². The van der Waals surface area contributed by atoms with E-state index in [1.165, 1.54) is 6.07 Å². The molecule has 0 unspecified atom stereocenters. The van der Waals surface area contributed by atoms with Gasteiger partial charge in [-0.15, -0.1) is 0 Å². The fraction of sp³-hybridized carbons (Fsp3) is 0.286. The van der Waals surface area contributed by atoms with Crippen molar-refractivity contribution in [2.45, 2.75) is 13.8 Å². The van der Waals surface area contributed by atoms with E-state index in [1.807, 2.05) is 0 Å². The molecule has 0 radical (unpaired) electrons. The Hall–Kier alpha value is -2.57. The molecule has 1 aromatic heterocycles. The lowest BCUT2D eigenvalue weighted by atomic mass is 10.1. The molecule has 1 heterocycles. The lowest BCUT2D eigenvalue weighted by Crippen LogP contribution is -2.09. The lowest BCUT2D eigenvalue weighted by Gasteiger charge is -2.11. The Morgan fingerprint density at radius 1 is 1.48 bits per heavy atom. The van der Waals surface area contributed by atoms with Gasteiger partial charge < -0.3 is 15.8 Å². The van der Waals surface area contributed by atoms with Gasteiger partial charge in [-0.25, -0.2) is 9.18 Å². The summed E-state index contributed by atoms with van der Waals surface area (Å²) in [5.74, 6) is -1.13. The Bertz CT molecular complexity index is 682. The zero-order valence-electron chi connectivity index (χ0n) is 12.1. The molecule has 21 heavy (non-hydrogen) atoms. The van der Waals surface area contributed by atoms with Gasteiger partial charge in [0.15, 0.2) is 0 Å². The summed E-state index contributed by atoms with van der Waals surface area (Å²) in [6, 6.07) is 2.44. The number of rotatable bonds is 4. The van der Waals surface area contributed by atoms with Gasteiger partial charge in [-0.05, 0) is 26.0 Å². The van der Waals surface area contributed by atoms with Crippen LogP contribution in [0.15, 0.2) is 18.3 Å². The molecule has 0 atom stereocenters. The Kier molecular flexibility index (Phi) is 4.11. The predicted octanol–water partition coefficient (Wildman–Crippen LogP) is 2.37. The van der Waals surface area contributed by atoms with Gasteiger partial charge in [-0.1, -0.05) is 0 Å². The molecule has 0 aliphatic rings. The highest BCUT2D eigenvalue weighted by atomic mass is 19.1. The van der Waals surface area contributed by atoms with Crippen LogP contribution >= 0.6 is 0 Å². The number of ether oxygens (including phenoxy) is 1. The number of nitrogen functional groups attached to an aromatic ring is 1. The van der Waals surface area contributed by atoms with Crippen molar-refractivity contribution in [3.05, 3.63) is 35.4 Å². The van der Waals surface area contributed by atoms with Gasteiger partial charge in [0.1, 0.15) is 5.82 Å². The molecule has 0 bridgehead atoms. The lowest BCUT2D eigenvalue weighted by molar-refractivity contribution is 0.0527. The Labute approximate surface area is 121 Å². The zero-order chi connectivity index (χ0) is 15.6. The number of anilines is 3. The van der Waals surface area contributed by atoms with E-state index in [0.29, 0.717) is 11.4 Å². The molecule has 6 nitrogen and oxygen atoms in total. The molecular weight excluding hydrogens is 275 g/mol. The van der Waals surface area contributed by atoms with E-state index in [4.69, 9.17) is 10.5 Å². The smallest absolute Gasteiger partial charge is 0.340 e. The largest absolute Gasteiger partial charge is 0.462 e. The fourth-order valence-electron chi connectivity index (χ4n) is 1.94. The van der Waals surface area contributed by atoms with Crippen LogP contribution in [0.1, 0.15) is 23.0 Å². The van der Waals surface area contributed by atoms with Gasteiger partial charge in [-0.3, -0.25) is 4.68 Å². The first-order valence-corrected chi connectivity index (χ1v) is 6.45. The number of halogens is 1. The summed E-state index contributed by atoms with van der Waals surface area (Å²) >= 11 is 0. The number of nitrogens with one attached hydrogen (secondary N) is 1. The molecule has 112 valence electrons. The Morgan fingerprint density at radius 3 is 2.76 bits per heavy atom. The minimum absolute atomic E-state index is 0.0411. The van der Waals surface area contributed by atoms with Crippen molar-refractivity contribution in [3.8, 4) is 0 Å². The molecule has 2 aromatic rings. The van der Waals surface area contributed by atoms with E-state index in [-0.39, 0.29) is 23.5 Å². The molecule has 0 aliphatic heterocycles. The van der Waals surface area contributed by atoms with Gasteiger partial charge in [0.2, 0.25) is 0 Å². The van der Waals surface area contributed by atoms with Gasteiger partial charge in [0.05, 0.1) is 29.2 Å². The number of nitrogens with zero attached hydrogens (tertiary/aromatic N) is 2. The van der Waals surface area contributed by atoms with Crippen molar-refractivity contribution in [1.29, 1.82) is 0 Å². The highest BCUT2D eigenvalue weighted by Crippen LogP contribution is 2.27. The number of aromatic nitrogens is 2. The minimum Gasteiger partial charge on any atom is -0.462 e. The van der Waals surface area contributed by atoms with Crippen LogP contribution in [0.5, 0.6) is 0 Å². The zero-order valence-corrected chi connectivity index (χ0v) is 12.1. The van der Waals surface area contributed by atoms with Crippen LogP contribution in [0.3, 0.4) is 0 Å². The van der Waals surface area contributed by atoms with Gasteiger partial charge in [0, 0.05) is 18.9 Å². The van der Waals surface area contributed by atoms with Crippen molar-refractivity contribution in [3.63, 3.8) is 0 Å². The van der Waals surface area contributed by atoms with Crippen LogP contribution in [0.4, 0.5) is 21.5 Å². The maximum atomic E-state index is 14.0. The van der Waals surface area contributed by atoms with Gasteiger partial charge in [-0.2, -0.15) is 5.10 Å². The van der Waals surface area contributed by atoms with E-state index in [1.54, 1.807) is 31.8 Å². The highest BCUT2D eigenvalue weighted by Gasteiger charge is 2.16. The quantitative estimate of drug-likeness (QED) is 0.668. The SMILES string of the molecule is CCOC(=O)c1cc(Nc2cn(C)nc2C)c(F)cc1N. The number of esters is 1. The van der Waals surface area contributed by atoms with Crippen molar-refractivity contribution < 1.29 is 13.9 Å². The number of hydrogen-bond donors (Lipinski definition) is 2. The summed E-state index contributed by atoms with van der Waals surface area (Å²) in [5.41, 5.74) is 7.34. The number of carbonyl (C=O) groups is 1. The standard InChI is InChI=1S/C14H17FN4O2/c1-4-21-14(20)9-5-12(10(15)6-11(9)16)17-13-7-19(3)18-8(13)2/h5-7,17H,4,16H2,1-3H3. The first kappa shape index (κ1) is 14.8. The molecule has 1 aromatic carbocycles. The van der Waals surface area contributed by atoms with Crippen LogP contribution in [-0.2, 0) is 11.8 Å². The average molecular weight is 292 g/mol. The van der Waals surface area contributed by atoms with E-state index < -0.39 is 11.8 Å². The van der Waals surface area contributed by atoms with Crippen LogP contribution < -0.4 is 11.1 Å². The second-order valence-electron chi connectivity index (χ2n) is 4.57. The molecule has 2 rings (SSSR count). The summed E-state index contributed by atoms with van der Waals surface area (Å²) in [6.07, 6.45) is 1.72. The summed E-state index contributed by atoms with van der Waals surface area (Å²) in [5, 5.41) is 7.06. The normalized spacial score (nSPS) is 10.5. The second-order valence-corrected chi connectivity index (χ2v) is 4.57. The average Bonchev–Trinajstić information content (AvgIpc) is 2.71. The number of nitrogens with two attached hydrogens (primary N) is 1. The molecular formula is C14H17FN4O2. The maximum absolute atomic E-state index is 14.0. The number of benzene rings is 1. The maximum Gasteiger partial charge on any atom is 0.340 e. The third-order valence-corrected chi connectivity index (χ3v) is 2.92. The van der Waals surface area contributed by atoms with Gasteiger partial charge >= 0.3 is 5.97 Å². The molecule has 0 aliphatic carbocycles. The molecule has 0 saturated carbocycles. The van der Waals surface area contributed by atoms with E-state index in [2.05, 4.69) is 10.4 Å². The van der Waals surface area contributed by atoms with Crippen molar-refractivity contribution in [2.24, 2.45) is 7.05 Å². The number of hydrogen-bond acceptors (Lipinski definition) is 5. The van der Waals surface area contributed by atoms with Crippen LogP contribution in [0.2, 0.25) is 0 Å². The third kappa shape index (κ3) is 3.13. The van der Waals surface area contributed by atoms with E-state index in [9.17, 15) is 9.18 Å². The van der Waals surface area contributed by atoms with Crippen LogP contribution in [0, 0.1) is 12.7 Å². The Morgan fingerprint density at radius 2 is 2.19 bits per heavy atom. The molecule has 0 spiro atoms. The van der Waals surface area contributed by atoms with Crippen molar-refractivity contribution in [1.82, 2.24) is 9.78 Å². The first-order valence-electron chi connectivity index (χ1n) is 6.45. The highest BCUT2D eigenvalue weighted by molar-refractivity contribution is 5.96. The van der Waals surface area contributed by atoms with E-state index >= 15 is 0 Å². The van der Waals surface area contributed by atoms with E-state index in [0.717, 1.165) is 6.07 Å². The van der Waals surface area contributed by atoms with Crippen molar-refractivity contribution in [2.75, 3.05) is 17.7 Å². The summed E-state index contributed by atoms with van der Waals surface area (Å²) < 4.78 is 20.5. The Balaban J connectivity index is 2.37. The van der Waals surface area contributed by atoms with Gasteiger partial charge in [0.25, 0.3) is 0 Å². The predicted molar refractivity (Wildman–Crippen MR) is 78.0 cm³/mol. The second kappa shape index (κ2) is 5.82. The number of carbonyl (C=O) groups excluding carboxylic acids is 1. The number of aryl methyl sites for hydroxylation is 2.